The second kappa shape index (κ2) is 6.36. The first-order valence-corrected chi connectivity index (χ1v) is 8.54. The lowest BCUT2D eigenvalue weighted by molar-refractivity contribution is -0.118. The first-order valence-electron chi connectivity index (χ1n) is 8.17. The first kappa shape index (κ1) is 15.3. The van der Waals surface area contributed by atoms with Crippen LogP contribution in [0.2, 0.25) is 5.02 Å². The van der Waals surface area contributed by atoms with Gasteiger partial charge in [0.15, 0.2) is 11.5 Å². The summed E-state index contributed by atoms with van der Waals surface area (Å²) in [5.74, 6) is 1.67. The van der Waals surface area contributed by atoms with Crippen molar-refractivity contribution in [2.24, 2.45) is 5.92 Å². The maximum Gasteiger partial charge on any atom is 0.232 e. The van der Waals surface area contributed by atoms with Crippen molar-refractivity contribution in [1.29, 1.82) is 0 Å². The number of nitrogens with one attached hydrogen (secondary N) is 1. The Kier molecular flexibility index (Phi) is 4.07. The van der Waals surface area contributed by atoms with Crippen LogP contribution in [0.25, 0.3) is 0 Å². The van der Waals surface area contributed by atoms with Gasteiger partial charge in [-0.25, -0.2) is 0 Å². The number of carbonyl (C=O) groups excluding carboxylic acids is 1. The summed E-state index contributed by atoms with van der Waals surface area (Å²) < 4.78 is 11.1. The number of carbonyl (C=O) groups is 1. The topological polar surface area (TPSA) is 47.6 Å². The van der Waals surface area contributed by atoms with Gasteiger partial charge in [-0.3, -0.25) is 4.79 Å². The predicted octanol–water partition coefficient (Wildman–Crippen LogP) is 4.24. The van der Waals surface area contributed by atoms with Crippen molar-refractivity contribution < 1.29 is 14.3 Å². The van der Waals surface area contributed by atoms with Crippen LogP contribution in [0.1, 0.15) is 24.3 Å². The normalized spacial score (nSPS) is 17.2. The zero-order valence-corrected chi connectivity index (χ0v) is 13.9. The second-order valence-electron chi connectivity index (χ2n) is 6.21. The fraction of sp³-hybridized carbons (Fsp3) is 0.316. The van der Waals surface area contributed by atoms with E-state index in [-0.39, 0.29) is 11.8 Å². The Labute approximate surface area is 145 Å². The first-order chi connectivity index (χ1) is 11.7. The van der Waals surface area contributed by atoms with Crippen LogP contribution in [0, 0.1) is 5.92 Å². The molecule has 1 atom stereocenters. The molecule has 1 N–H and O–H groups in total. The van der Waals surface area contributed by atoms with Crippen LogP contribution in [-0.2, 0) is 4.79 Å². The number of rotatable bonds is 4. The largest absolute Gasteiger partial charge is 0.486 e. The van der Waals surface area contributed by atoms with Crippen LogP contribution in [0.5, 0.6) is 11.5 Å². The minimum Gasteiger partial charge on any atom is -0.486 e. The monoisotopic (exact) mass is 343 g/mol. The molecule has 2 aromatic rings. The molecule has 1 amide bonds. The Bertz CT molecular complexity index is 756. The molecule has 1 heterocycles. The summed E-state index contributed by atoms with van der Waals surface area (Å²) in [6.07, 6.45) is 2.17. The summed E-state index contributed by atoms with van der Waals surface area (Å²) in [5, 5.41) is 3.70. The molecule has 4 rings (SSSR count). The molecular formula is C19H18ClNO3. The number of amides is 1. The number of hydrogen-bond acceptors (Lipinski definition) is 3. The molecular weight excluding hydrogens is 326 g/mol. The zero-order valence-electron chi connectivity index (χ0n) is 13.1. The molecule has 5 heteroatoms. The van der Waals surface area contributed by atoms with E-state index in [4.69, 9.17) is 21.1 Å². The number of halogens is 1. The summed E-state index contributed by atoms with van der Waals surface area (Å²) in [7, 11) is 0. The maximum absolute atomic E-state index is 12.8. The smallest absolute Gasteiger partial charge is 0.232 e. The van der Waals surface area contributed by atoms with Gasteiger partial charge in [0.05, 0.1) is 5.92 Å². The molecule has 0 saturated heterocycles. The number of hydrogen-bond donors (Lipinski definition) is 1. The third kappa shape index (κ3) is 3.20. The predicted molar refractivity (Wildman–Crippen MR) is 93.0 cm³/mol. The average molecular weight is 344 g/mol. The Morgan fingerprint density at radius 1 is 1.04 bits per heavy atom. The lowest BCUT2D eigenvalue weighted by atomic mass is 9.93. The van der Waals surface area contributed by atoms with E-state index in [9.17, 15) is 4.79 Å². The van der Waals surface area contributed by atoms with Crippen LogP contribution in [-0.4, -0.2) is 19.1 Å². The van der Waals surface area contributed by atoms with E-state index in [0.29, 0.717) is 29.9 Å². The molecule has 1 unspecified atom stereocenters. The summed E-state index contributed by atoms with van der Waals surface area (Å²) >= 11 is 5.96. The van der Waals surface area contributed by atoms with Gasteiger partial charge in [0.25, 0.3) is 0 Å². The van der Waals surface area contributed by atoms with E-state index in [2.05, 4.69) is 5.32 Å². The fourth-order valence-electron chi connectivity index (χ4n) is 3.08. The van der Waals surface area contributed by atoms with E-state index >= 15 is 0 Å². The highest BCUT2D eigenvalue weighted by Gasteiger charge is 2.37. The molecule has 2 aromatic carbocycles. The lowest BCUT2D eigenvalue weighted by Crippen LogP contribution is -2.23. The zero-order chi connectivity index (χ0) is 16.5. The minimum absolute atomic E-state index is 0.0106. The molecule has 0 aromatic heterocycles. The summed E-state index contributed by atoms with van der Waals surface area (Å²) in [6, 6.07) is 13.0. The van der Waals surface area contributed by atoms with E-state index in [0.717, 1.165) is 29.8 Å². The van der Waals surface area contributed by atoms with Crippen molar-refractivity contribution in [1.82, 2.24) is 0 Å². The number of fused-ring (bicyclic) bond motifs is 1. The molecule has 4 nitrogen and oxygen atoms in total. The van der Waals surface area contributed by atoms with Crippen molar-refractivity contribution >= 4 is 23.2 Å². The molecule has 1 aliphatic carbocycles. The maximum atomic E-state index is 12.8. The minimum atomic E-state index is -0.143. The summed E-state index contributed by atoms with van der Waals surface area (Å²) in [5.41, 5.74) is 1.74. The summed E-state index contributed by atoms with van der Waals surface area (Å²) in [4.78, 5) is 12.8. The Balaban J connectivity index is 1.54. The molecule has 24 heavy (non-hydrogen) atoms. The summed E-state index contributed by atoms with van der Waals surface area (Å²) in [6.45, 7) is 1.08. The van der Waals surface area contributed by atoms with Crippen molar-refractivity contribution in [3.8, 4) is 11.5 Å². The second-order valence-corrected chi connectivity index (χ2v) is 6.65. The van der Waals surface area contributed by atoms with E-state index < -0.39 is 0 Å². The lowest BCUT2D eigenvalue weighted by Gasteiger charge is -2.20. The third-order valence-electron chi connectivity index (χ3n) is 4.41. The van der Waals surface area contributed by atoms with Crippen LogP contribution in [0.4, 0.5) is 5.69 Å². The van der Waals surface area contributed by atoms with Gasteiger partial charge in [0.2, 0.25) is 5.91 Å². The van der Waals surface area contributed by atoms with E-state index in [1.807, 2.05) is 42.5 Å². The fourth-order valence-corrected chi connectivity index (χ4v) is 3.20. The standard InChI is InChI=1S/C19H18ClNO3/c20-14-5-3-13(4-6-14)18(12-1-2-12)19(22)21-15-7-8-16-17(11-15)24-10-9-23-16/h3-8,11-12,18H,1-2,9-10H2,(H,21,22). The highest BCUT2D eigenvalue weighted by atomic mass is 35.5. The van der Waals surface area contributed by atoms with Gasteiger partial charge in [-0.1, -0.05) is 23.7 Å². The van der Waals surface area contributed by atoms with Gasteiger partial charge in [0.1, 0.15) is 13.2 Å². The van der Waals surface area contributed by atoms with Gasteiger partial charge in [-0.05, 0) is 48.6 Å². The van der Waals surface area contributed by atoms with Crippen LogP contribution < -0.4 is 14.8 Å². The van der Waals surface area contributed by atoms with Crippen LogP contribution >= 0.6 is 11.6 Å². The molecule has 1 fully saturated rings. The molecule has 124 valence electrons. The van der Waals surface area contributed by atoms with Crippen LogP contribution in [0.15, 0.2) is 42.5 Å². The van der Waals surface area contributed by atoms with E-state index in [1.54, 1.807) is 0 Å². The Hall–Kier alpha value is -2.20. The van der Waals surface area contributed by atoms with Gasteiger partial charge in [0, 0.05) is 16.8 Å². The molecule has 0 radical (unpaired) electrons. The van der Waals surface area contributed by atoms with Crippen LogP contribution in [0.3, 0.4) is 0 Å². The number of benzene rings is 2. The van der Waals surface area contributed by atoms with Crippen molar-refractivity contribution in [3.63, 3.8) is 0 Å². The third-order valence-corrected chi connectivity index (χ3v) is 4.67. The molecule has 1 saturated carbocycles. The average Bonchev–Trinajstić information content (AvgIpc) is 3.42. The van der Waals surface area contributed by atoms with Crippen molar-refractivity contribution in [2.45, 2.75) is 18.8 Å². The van der Waals surface area contributed by atoms with Crippen molar-refractivity contribution in [2.75, 3.05) is 18.5 Å². The Morgan fingerprint density at radius 3 is 2.46 bits per heavy atom. The highest BCUT2D eigenvalue weighted by Crippen LogP contribution is 2.43. The molecule has 2 aliphatic rings. The highest BCUT2D eigenvalue weighted by molar-refractivity contribution is 6.30. The number of anilines is 1. The molecule has 1 aliphatic heterocycles. The SMILES string of the molecule is O=C(Nc1ccc2c(c1)OCCO2)C(c1ccc(Cl)cc1)C1CC1. The molecule has 0 bridgehead atoms. The van der Waals surface area contributed by atoms with Gasteiger partial charge in [-0.2, -0.15) is 0 Å². The van der Waals surface area contributed by atoms with Gasteiger partial charge >= 0.3 is 0 Å². The van der Waals surface area contributed by atoms with Crippen molar-refractivity contribution in [3.05, 3.63) is 53.1 Å². The van der Waals surface area contributed by atoms with E-state index in [1.165, 1.54) is 0 Å². The Morgan fingerprint density at radius 2 is 1.75 bits per heavy atom. The molecule has 0 spiro atoms. The number of ether oxygens (including phenoxy) is 2. The van der Waals surface area contributed by atoms with Gasteiger partial charge in [-0.15, -0.1) is 0 Å². The quantitative estimate of drug-likeness (QED) is 0.903. The van der Waals surface area contributed by atoms with Gasteiger partial charge < -0.3 is 14.8 Å².